The van der Waals surface area contributed by atoms with Crippen molar-refractivity contribution in [3.8, 4) is 0 Å². The van der Waals surface area contributed by atoms with Crippen LogP contribution in [0.5, 0.6) is 0 Å². The molecule has 4 rings (SSSR count). The lowest BCUT2D eigenvalue weighted by molar-refractivity contribution is -0.143. The van der Waals surface area contributed by atoms with Gasteiger partial charge in [-0.15, -0.1) is 0 Å². The van der Waals surface area contributed by atoms with Crippen LogP contribution in [0.4, 0.5) is 5.69 Å². The third-order valence-corrected chi connectivity index (χ3v) is 7.68. The van der Waals surface area contributed by atoms with E-state index >= 15 is 0 Å². The van der Waals surface area contributed by atoms with Gasteiger partial charge in [0.1, 0.15) is 6.04 Å². The Balaban J connectivity index is 1.81. The van der Waals surface area contributed by atoms with Crippen molar-refractivity contribution in [2.24, 2.45) is 23.7 Å². The highest BCUT2D eigenvalue weighted by atomic mass is 16.3. The maximum atomic E-state index is 14.1. The summed E-state index contributed by atoms with van der Waals surface area (Å²) in [7, 11) is 1.57. The zero-order valence-corrected chi connectivity index (χ0v) is 21.3. The Bertz CT molecular complexity index is 1160. The summed E-state index contributed by atoms with van der Waals surface area (Å²) in [6, 6.07) is 13.5. The number of aryl methyl sites for hydroxylation is 2. The number of allylic oxidation sites excluding steroid dienone is 1. The summed E-state index contributed by atoms with van der Waals surface area (Å²) < 4.78 is 0. The van der Waals surface area contributed by atoms with Gasteiger partial charge in [-0.3, -0.25) is 14.4 Å². The predicted octanol–water partition coefficient (Wildman–Crippen LogP) is 3.38. The summed E-state index contributed by atoms with van der Waals surface area (Å²) in [4.78, 5) is 42.6. The number of aliphatic hydroxyl groups excluding tert-OH is 1. The second-order valence-electron chi connectivity index (χ2n) is 9.81. The summed E-state index contributed by atoms with van der Waals surface area (Å²) >= 11 is 0. The first-order valence-electron chi connectivity index (χ1n) is 12.6. The number of anilines is 1. The molecule has 2 aromatic rings. The van der Waals surface area contributed by atoms with Crippen LogP contribution >= 0.6 is 0 Å². The molecule has 2 aliphatic rings. The van der Waals surface area contributed by atoms with Gasteiger partial charge >= 0.3 is 0 Å². The first-order valence-corrected chi connectivity index (χ1v) is 12.6. The highest BCUT2D eigenvalue weighted by Crippen LogP contribution is 2.47. The van der Waals surface area contributed by atoms with Crippen LogP contribution in [0.1, 0.15) is 36.1 Å². The van der Waals surface area contributed by atoms with E-state index in [0.29, 0.717) is 12.1 Å². The highest BCUT2D eigenvalue weighted by molar-refractivity contribution is 6.02. The van der Waals surface area contributed by atoms with Gasteiger partial charge in [-0.1, -0.05) is 61.5 Å². The number of nitrogens with zero attached hydrogens (tertiary/aromatic N) is 1. The molecule has 0 spiro atoms. The van der Waals surface area contributed by atoms with Crippen molar-refractivity contribution >= 4 is 23.4 Å². The smallest absolute Gasteiger partial charge is 0.247 e. The van der Waals surface area contributed by atoms with Crippen LogP contribution in [0, 0.1) is 37.5 Å². The molecule has 3 N–H and O–H groups in total. The van der Waals surface area contributed by atoms with Gasteiger partial charge in [0.15, 0.2) is 0 Å². The number of benzene rings is 2. The maximum Gasteiger partial charge on any atom is 0.247 e. The van der Waals surface area contributed by atoms with Gasteiger partial charge < -0.3 is 20.6 Å². The molecule has 36 heavy (non-hydrogen) atoms. The molecule has 1 saturated heterocycles. The Morgan fingerprint density at radius 1 is 1.06 bits per heavy atom. The van der Waals surface area contributed by atoms with Crippen molar-refractivity contribution in [3.63, 3.8) is 0 Å². The first-order chi connectivity index (χ1) is 17.3. The van der Waals surface area contributed by atoms with E-state index in [1.54, 1.807) is 7.05 Å². The van der Waals surface area contributed by atoms with E-state index in [4.69, 9.17) is 0 Å². The van der Waals surface area contributed by atoms with Crippen LogP contribution < -0.4 is 10.6 Å². The zero-order chi connectivity index (χ0) is 26.0. The standard InChI is InChI=1S/C29H35N3O4/c1-5-19-13-14-21-25(24(19)27(34)30-4)29(36)32(23(16-33)20-9-7-6-8-10-20)26(21)28(35)31-22-15-17(2)11-12-18(22)3/h6-15,19,21,23-26,33H,5,16H2,1-4H3,(H,30,34)(H,31,35)/t19-,21+,23-,24-,25+,26+/m1/s1. The fourth-order valence-corrected chi connectivity index (χ4v) is 5.80. The highest BCUT2D eigenvalue weighted by Gasteiger charge is 2.58. The number of carbonyl (C=O) groups is 3. The van der Waals surface area contributed by atoms with Crippen molar-refractivity contribution < 1.29 is 19.5 Å². The van der Waals surface area contributed by atoms with Gasteiger partial charge in [-0.05, 0) is 48.9 Å². The van der Waals surface area contributed by atoms with Crippen LogP contribution in [0.3, 0.4) is 0 Å². The van der Waals surface area contributed by atoms with E-state index < -0.39 is 29.8 Å². The third kappa shape index (κ3) is 4.55. The number of likely N-dealkylation sites (tertiary alicyclic amines) is 1. The molecule has 3 amide bonds. The second kappa shape index (κ2) is 10.7. The quantitative estimate of drug-likeness (QED) is 0.520. The van der Waals surface area contributed by atoms with Gasteiger partial charge in [-0.25, -0.2) is 0 Å². The first kappa shape index (κ1) is 25.6. The molecule has 190 valence electrons. The van der Waals surface area contributed by atoms with Crippen molar-refractivity contribution in [3.05, 3.63) is 77.4 Å². The molecule has 1 aliphatic heterocycles. The van der Waals surface area contributed by atoms with Crippen molar-refractivity contribution in [1.29, 1.82) is 0 Å². The predicted molar refractivity (Wildman–Crippen MR) is 139 cm³/mol. The molecule has 2 aromatic carbocycles. The summed E-state index contributed by atoms with van der Waals surface area (Å²) in [6.45, 7) is 5.53. The van der Waals surface area contributed by atoms with Gasteiger partial charge in [0, 0.05) is 18.7 Å². The SMILES string of the molecule is CC[C@@H]1C=C[C@H]2[C@H](C(=O)N([C@H](CO)c3ccccc3)[C@@H]2C(=O)Nc2cc(C)ccc2C)[C@@H]1C(=O)NC. The topological polar surface area (TPSA) is 98.7 Å². The Kier molecular flexibility index (Phi) is 7.59. The zero-order valence-electron chi connectivity index (χ0n) is 21.3. The van der Waals surface area contributed by atoms with Crippen LogP contribution in [-0.4, -0.2) is 47.4 Å². The van der Waals surface area contributed by atoms with E-state index in [0.717, 1.165) is 16.7 Å². The fraction of sp³-hybridized carbons (Fsp3) is 0.414. The number of amides is 3. The Hall–Kier alpha value is -3.45. The van der Waals surface area contributed by atoms with E-state index in [1.165, 1.54) is 4.90 Å². The lowest BCUT2D eigenvalue weighted by Crippen LogP contribution is -2.47. The van der Waals surface area contributed by atoms with Crippen molar-refractivity contribution in [2.45, 2.75) is 39.3 Å². The molecule has 0 saturated carbocycles. The molecule has 0 unspecified atom stereocenters. The normalized spacial score (nSPS) is 25.9. The number of hydrogen-bond acceptors (Lipinski definition) is 4. The lowest BCUT2D eigenvalue weighted by Gasteiger charge is -2.34. The molecule has 1 heterocycles. The van der Waals surface area contributed by atoms with Gasteiger partial charge in [0.25, 0.3) is 0 Å². The molecule has 0 aromatic heterocycles. The minimum Gasteiger partial charge on any atom is -0.394 e. The van der Waals surface area contributed by atoms with Gasteiger partial charge in [0.2, 0.25) is 17.7 Å². The molecule has 7 nitrogen and oxygen atoms in total. The van der Waals surface area contributed by atoms with Crippen LogP contribution in [0.25, 0.3) is 0 Å². The van der Waals surface area contributed by atoms with Gasteiger partial charge in [-0.2, -0.15) is 0 Å². The molecular weight excluding hydrogens is 454 g/mol. The minimum absolute atomic E-state index is 0.109. The van der Waals surface area contributed by atoms with Crippen molar-refractivity contribution in [2.75, 3.05) is 19.0 Å². The van der Waals surface area contributed by atoms with Crippen LogP contribution in [0.2, 0.25) is 0 Å². The lowest BCUT2D eigenvalue weighted by atomic mass is 9.69. The van der Waals surface area contributed by atoms with Crippen LogP contribution in [-0.2, 0) is 14.4 Å². The molecule has 0 bridgehead atoms. The Morgan fingerprint density at radius 3 is 2.42 bits per heavy atom. The summed E-state index contributed by atoms with van der Waals surface area (Å²) in [6.07, 6.45) is 4.61. The minimum atomic E-state index is -0.874. The summed E-state index contributed by atoms with van der Waals surface area (Å²) in [5.74, 6) is -2.68. The van der Waals surface area contributed by atoms with E-state index in [9.17, 15) is 19.5 Å². The second-order valence-corrected chi connectivity index (χ2v) is 9.81. The Morgan fingerprint density at radius 2 is 1.78 bits per heavy atom. The molecule has 0 radical (unpaired) electrons. The molecular formula is C29H35N3O4. The van der Waals surface area contributed by atoms with Crippen molar-refractivity contribution in [1.82, 2.24) is 10.2 Å². The van der Waals surface area contributed by atoms with Gasteiger partial charge in [0.05, 0.1) is 24.5 Å². The summed E-state index contributed by atoms with van der Waals surface area (Å²) in [5, 5.41) is 16.2. The average Bonchev–Trinajstić information content (AvgIpc) is 3.18. The fourth-order valence-electron chi connectivity index (χ4n) is 5.80. The van der Waals surface area contributed by atoms with Crippen LogP contribution in [0.15, 0.2) is 60.7 Å². The molecule has 7 heteroatoms. The largest absolute Gasteiger partial charge is 0.394 e. The van der Waals surface area contributed by atoms with E-state index in [-0.39, 0.29) is 30.2 Å². The number of nitrogens with one attached hydrogen (secondary N) is 2. The van der Waals surface area contributed by atoms with E-state index in [1.807, 2.05) is 81.5 Å². The summed E-state index contributed by atoms with van der Waals surface area (Å²) in [5.41, 5.74) is 3.35. The Labute approximate surface area is 212 Å². The van der Waals surface area contributed by atoms with E-state index in [2.05, 4.69) is 10.6 Å². The number of carbonyl (C=O) groups excluding carboxylic acids is 3. The number of hydrogen-bond donors (Lipinski definition) is 3. The maximum absolute atomic E-state index is 14.1. The monoisotopic (exact) mass is 489 g/mol. The average molecular weight is 490 g/mol. The molecule has 1 aliphatic carbocycles. The third-order valence-electron chi connectivity index (χ3n) is 7.68. The number of aliphatic hydroxyl groups is 1. The molecule has 6 atom stereocenters. The number of rotatable bonds is 7. The molecule has 1 fully saturated rings. The number of fused-ring (bicyclic) bond motifs is 1.